The number of fused-ring (bicyclic) bond motifs is 2. The van der Waals surface area contributed by atoms with E-state index in [4.69, 9.17) is 10.5 Å². The summed E-state index contributed by atoms with van der Waals surface area (Å²) in [5.74, 6) is 3.21. The van der Waals surface area contributed by atoms with E-state index in [0.29, 0.717) is 12.0 Å². The molecule has 0 amide bonds. The third-order valence-corrected chi connectivity index (χ3v) is 5.51. The highest BCUT2D eigenvalue weighted by molar-refractivity contribution is 5.39. The molecule has 1 aliphatic carbocycles. The lowest BCUT2D eigenvalue weighted by molar-refractivity contribution is 0.254. The second-order valence-electron chi connectivity index (χ2n) is 6.78. The molecule has 2 fully saturated rings. The molecular weight excluding hydrogens is 248 g/mol. The number of benzene rings is 1. The average Bonchev–Trinajstić information content (AvgIpc) is 3.05. The van der Waals surface area contributed by atoms with Crippen molar-refractivity contribution in [3.8, 4) is 5.75 Å². The van der Waals surface area contributed by atoms with Crippen LogP contribution in [0.3, 0.4) is 0 Å². The molecule has 1 aromatic carbocycles. The predicted octanol–water partition coefficient (Wildman–Crippen LogP) is 2.22. The monoisotopic (exact) mass is 272 g/mol. The Morgan fingerprint density at radius 1 is 1.20 bits per heavy atom. The van der Waals surface area contributed by atoms with Gasteiger partial charge < -0.3 is 15.4 Å². The van der Waals surface area contributed by atoms with Gasteiger partial charge in [-0.1, -0.05) is 24.6 Å². The Bertz CT molecular complexity index is 490. The largest absolute Gasteiger partial charge is 0.493 e. The zero-order chi connectivity index (χ0) is 13.5. The summed E-state index contributed by atoms with van der Waals surface area (Å²) in [7, 11) is 0. The smallest absolute Gasteiger partial charge is 0.122 e. The number of para-hydroxylation sites is 1. The quantitative estimate of drug-likeness (QED) is 0.897. The average molecular weight is 272 g/mol. The van der Waals surface area contributed by atoms with Gasteiger partial charge in [-0.3, -0.25) is 0 Å². The SMILES string of the molecule is NC1CCCC2CN(CC3COc4ccccc43)CC12. The maximum absolute atomic E-state index is 6.32. The van der Waals surface area contributed by atoms with E-state index >= 15 is 0 Å². The Kier molecular flexibility index (Phi) is 3.20. The maximum Gasteiger partial charge on any atom is 0.122 e. The van der Waals surface area contributed by atoms with Gasteiger partial charge in [0.1, 0.15) is 5.75 Å². The van der Waals surface area contributed by atoms with Crippen molar-refractivity contribution >= 4 is 0 Å². The van der Waals surface area contributed by atoms with Crippen LogP contribution >= 0.6 is 0 Å². The molecule has 0 bridgehead atoms. The molecule has 0 aromatic heterocycles. The van der Waals surface area contributed by atoms with Crippen molar-refractivity contribution in [3.05, 3.63) is 29.8 Å². The van der Waals surface area contributed by atoms with Crippen molar-refractivity contribution in [1.82, 2.24) is 4.90 Å². The predicted molar refractivity (Wildman–Crippen MR) is 79.9 cm³/mol. The molecule has 1 saturated carbocycles. The van der Waals surface area contributed by atoms with Crippen molar-refractivity contribution in [2.24, 2.45) is 17.6 Å². The first-order valence-corrected chi connectivity index (χ1v) is 8.01. The van der Waals surface area contributed by atoms with Crippen molar-refractivity contribution in [2.75, 3.05) is 26.2 Å². The van der Waals surface area contributed by atoms with Crippen molar-refractivity contribution < 1.29 is 4.74 Å². The Morgan fingerprint density at radius 2 is 2.10 bits per heavy atom. The summed E-state index contributed by atoms with van der Waals surface area (Å²) in [5, 5.41) is 0. The molecule has 2 aliphatic heterocycles. The Labute approximate surface area is 121 Å². The first-order valence-electron chi connectivity index (χ1n) is 8.01. The van der Waals surface area contributed by atoms with E-state index in [1.807, 2.05) is 0 Å². The second-order valence-corrected chi connectivity index (χ2v) is 6.78. The van der Waals surface area contributed by atoms with Crippen LogP contribution in [0.25, 0.3) is 0 Å². The van der Waals surface area contributed by atoms with Gasteiger partial charge in [-0.15, -0.1) is 0 Å². The standard InChI is InChI=1S/C17H24N2O/c18-16-6-3-4-12-8-19(10-15(12)16)9-13-11-20-17-7-2-1-5-14(13)17/h1-2,5,7,12-13,15-16H,3-4,6,8-11,18H2. The summed E-state index contributed by atoms with van der Waals surface area (Å²) in [5.41, 5.74) is 7.71. The minimum absolute atomic E-state index is 0.436. The molecule has 1 aromatic rings. The van der Waals surface area contributed by atoms with E-state index in [0.717, 1.165) is 30.7 Å². The van der Waals surface area contributed by atoms with Crippen molar-refractivity contribution in [1.29, 1.82) is 0 Å². The normalized spacial score (nSPS) is 36.5. The van der Waals surface area contributed by atoms with Crippen LogP contribution in [-0.2, 0) is 0 Å². The van der Waals surface area contributed by atoms with Crippen molar-refractivity contribution in [2.45, 2.75) is 31.2 Å². The number of hydrogen-bond acceptors (Lipinski definition) is 3. The first kappa shape index (κ1) is 12.7. The van der Waals surface area contributed by atoms with Gasteiger partial charge in [0.2, 0.25) is 0 Å². The van der Waals surface area contributed by atoms with Gasteiger partial charge in [-0.25, -0.2) is 0 Å². The lowest BCUT2D eigenvalue weighted by Gasteiger charge is -2.29. The molecule has 3 aliphatic rings. The summed E-state index contributed by atoms with van der Waals surface area (Å²) in [4.78, 5) is 2.64. The van der Waals surface area contributed by atoms with Gasteiger partial charge >= 0.3 is 0 Å². The number of ether oxygens (including phenoxy) is 1. The zero-order valence-corrected chi connectivity index (χ0v) is 12.0. The Hall–Kier alpha value is -1.06. The molecule has 0 radical (unpaired) electrons. The van der Waals surface area contributed by atoms with E-state index in [-0.39, 0.29) is 0 Å². The summed E-state index contributed by atoms with van der Waals surface area (Å²) in [6.07, 6.45) is 3.93. The highest BCUT2D eigenvalue weighted by Gasteiger charge is 2.39. The molecule has 4 unspecified atom stereocenters. The van der Waals surface area contributed by atoms with Crippen molar-refractivity contribution in [3.63, 3.8) is 0 Å². The van der Waals surface area contributed by atoms with E-state index in [2.05, 4.69) is 29.2 Å². The Morgan fingerprint density at radius 3 is 3.00 bits per heavy atom. The fraction of sp³-hybridized carbons (Fsp3) is 0.647. The van der Waals surface area contributed by atoms with Crippen LogP contribution in [0.2, 0.25) is 0 Å². The number of nitrogens with zero attached hydrogens (tertiary/aromatic N) is 1. The third-order valence-electron chi connectivity index (χ3n) is 5.51. The van der Waals surface area contributed by atoms with Crippen LogP contribution in [0, 0.1) is 11.8 Å². The van der Waals surface area contributed by atoms with Crippen LogP contribution in [0.5, 0.6) is 5.75 Å². The molecule has 3 nitrogen and oxygen atoms in total. The number of rotatable bonds is 2. The fourth-order valence-electron chi connectivity index (χ4n) is 4.45. The molecule has 108 valence electrons. The molecule has 4 atom stereocenters. The van der Waals surface area contributed by atoms with Crippen LogP contribution in [0.4, 0.5) is 0 Å². The molecule has 3 heteroatoms. The van der Waals surface area contributed by atoms with Gasteiger partial charge in [0.05, 0.1) is 6.61 Å². The summed E-state index contributed by atoms with van der Waals surface area (Å²) < 4.78 is 5.81. The first-order chi connectivity index (χ1) is 9.81. The maximum atomic E-state index is 6.32. The minimum Gasteiger partial charge on any atom is -0.493 e. The highest BCUT2D eigenvalue weighted by Crippen LogP contribution is 2.38. The molecule has 20 heavy (non-hydrogen) atoms. The second kappa shape index (κ2) is 5.05. The van der Waals surface area contributed by atoms with Crippen LogP contribution < -0.4 is 10.5 Å². The summed E-state index contributed by atoms with van der Waals surface area (Å²) in [6, 6.07) is 8.94. The van der Waals surface area contributed by atoms with Gasteiger partial charge in [-0.05, 0) is 30.7 Å². The molecule has 4 rings (SSSR count). The van der Waals surface area contributed by atoms with Gasteiger partial charge in [0.25, 0.3) is 0 Å². The number of hydrogen-bond donors (Lipinski definition) is 1. The van der Waals surface area contributed by atoms with Gasteiger partial charge in [0.15, 0.2) is 0 Å². The highest BCUT2D eigenvalue weighted by atomic mass is 16.5. The summed E-state index contributed by atoms with van der Waals surface area (Å²) in [6.45, 7) is 4.43. The fourth-order valence-corrected chi connectivity index (χ4v) is 4.45. The number of nitrogens with two attached hydrogens (primary N) is 1. The summed E-state index contributed by atoms with van der Waals surface area (Å²) >= 11 is 0. The lowest BCUT2D eigenvalue weighted by Crippen LogP contribution is -2.38. The van der Waals surface area contributed by atoms with E-state index in [9.17, 15) is 0 Å². The van der Waals surface area contributed by atoms with Crippen LogP contribution in [-0.4, -0.2) is 37.2 Å². The zero-order valence-electron chi connectivity index (χ0n) is 12.0. The molecule has 0 spiro atoms. The molecular formula is C17H24N2O. The topological polar surface area (TPSA) is 38.5 Å². The van der Waals surface area contributed by atoms with Crippen LogP contribution in [0.15, 0.2) is 24.3 Å². The minimum atomic E-state index is 0.436. The number of likely N-dealkylation sites (tertiary alicyclic amines) is 1. The van der Waals surface area contributed by atoms with E-state index in [1.165, 1.54) is 37.9 Å². The molecule has 2 heterocycles. The van der Waals surface area contributed by atoms with Gasteiger partial charge in [-0.2, -0.15) is 0 Å². The van der Waals surface area contributed by atoms with E-state index < -0.39 is 0 Å². The van der Waals surface area contributed by atoms with Gasteiger partial charge in [0, 0.05) is 37.2 Å². The van der Waals surface area contributed by atoms with E-state index in [1.54, 1.807) is 0 Å². The van der Waals surface area contributed by atoms with Crippen LogP contribution in [0.1, 0.15) is 30.7 Å². The molecule has 2 N–H and O–H groups in total. The Balaban J connectivity index is 1.44. The lowest BCUT2D eigenvalue weighted by atomic mass is 9.78. The molecule has 1 saturated heterocycles. The third kappa shape index (κ3) is 2.13.